The summed E-state index contributed by atoms with van der Waals surface area (Å²) in [5.74, 6) is -0.825. The van der Waals surface area contributed by atoms with Crippen molar-refractivity contribution in [2.24, 2.45) is 0 Å². The van der Waals surface area contributed by atoms with Crippen LogP contribution in [0.15, 0.2) is 12.1 Å². The van der Waals surface area contributed by atoms with Crippen LogP contribution in [0.5, 0.6) is 0 Å². The van der Waals surface area contributed by atoms with Crippen LogP contribution >= 0.6 is 0 Å². The number of carboxylic acids is 1. The highest BCUT2D eigenvalue weighted by molar-refractivity contribution is 7.91. The number of rotatable bonds is 3. The van der Waals surface area contributed by atoms with Crippen LogP contribution in [-0.2, 0) is 14.6 Å². The molecular formula is C10H12N6O4S. The number of tetrazole rings is 1. The molecule has 0 amide bonds. The third kappa shape index (κ3) is 2.77. The number of hydrogen-bond acceptors (Lipinski definition) is 8. The zero-order valence-corrected chi connectivity index (χ0v) is 11.6. The van der Waals surface area contributed by atoms with Crippen LogP contribution in [0.25, 0.3) is 5.65 Å². The first-order chi connectivity index (χ1) is 9.94. The van der Waals surface area contributed by atoms with Gasteiger partial charge in [-0.2, -0.15) is 0 Å². The first kappa shape index (κ1) is 13.7. The van der Waals surface area contributed by atoms with Gasteiger partial charge in [0, 0.05) is 6.54 Å². The molecule has 1 aliphatic heterocycles. The number of nitrogens with zero attached hydrogens (tertiary/aromatic N) is 6. The van der Waals surface area contributed by atoms with E-state index >= 15 is 0 Å². The highest BCUT2D eigenvalue weighted by Gasteiger charge is 2.33. The Morgan fingerprint density at radius 1 is 1.43 bits per heavy atom. The van der Waals surface area contributed by atoms with Crippen molar-refractivity contribution in [3.05, 3.63) is 12.1 Å². The Balaban J connectivity index is 1.95. The number of aliphatic carboxylic acids is 1. The predicted octanol–water partition coefficient (Wildman–Crippen LogP) is -1.40. The van der Waals surface area contributed by atoms with Gasteiger partial charge in [-0.05, 0) is 22.6 Å². The zero-order valence-electron chi connectivity index (χ0n) is 10.8. The molecule has 0 spiro atoms. The van der Waals surface area contributed by atoms with Gasteiger partial charge in [-0.3, -0.25) is 4.79 Å². The predicted molar refractivity (Wildman–Crippen MR) is 70.6 cm³/mol. The minimum absolute atomic E-state index is 0.0293. The number of anilines is 1. The number of aromatic nitrogens is 5. The van der Waals surface area contributed by atoms with Crippen LogP contribution < -0.4 is 4.90 Å². The van der Waals surface area contributed by atoms with Gasteiger partial charge in [0.05, 0.1) is 24.0 Å². The van der Waals surface area contributed by atoms with Gasteiger partial charge in [-0.15, -0.1) is 14.8 Å². The molecule has 3 heterocycles. The van der Waals surface area contributed by atoms with Gasteiger partial charge in [-0.25, -0.2) is 8.42 Å². The molecule has 1 N–H and O–H groups in total. The summed E-state index contributed by atoms with van der Waals surface area (Å²) >= 11 is 0. The third-order valence-electron chi connectivity index (χ3n) is 3.29. The molecule has 0 saturated carbocycles. The van der Waals surface area contributed by atoms with Crippen LogP contribution in [0.3, 0.4) is 0 Å². The molecule has 3 rings (SSSR count). The summed E-state index contributed by atoms with van der Waals surface area (Å²) in [4.78, 5) is 12.6. The molecule has 21 heavy (non-hydrogen) atoms. The number of hydrogen-bond donors (Lipinski definition) is 1. The average Bonchev–Trinajstić information content (AvgIpc) is 2.84. The summed E-state index contributed by atoms with van der Waals surface area (Å²) in [5, 5.41) is 24.0. The molecule has 112 valence electrons. The Hall–Kier alpha value is -2.30. The van der Waals surface area contributed by atoms with E-state index in [9.17, 15) is 13.2 Å². The summed E-state index contributed by atoms with van der Waals surface area (Å²) in [7, 11) is -3.23. The first-order valence-corrected chi connectivity index (χ1v) is 8.01. The highest BCUT2D eigenvalue weighted by atomic mass is 32.2. The Morgan fingerprint density at radius 2 is 2.24 bits per heavy atom. The maximum Gasteiger partial charge on any atom is 0.305 e. The van der Waals surface area contributed by atoms with E-state index in [1.54, 1.807) is 17.0 Å². The summed E-state index contributed by atoms with van der Waals surface area (Å²) in [6, 6.07) is 2.64. The number of sulfone groups is 1. The van der Waals surface area contributed by atoms with Gasteiger partial charge in [0.25, 0.3) is 0 Å². The normalized spacial score (nSPS) is 21.5. The fourth-order valence-corrected chi connectivity index (χ4v) is 3.88. The van der Waals surface area contributed by atoms with Gasteiger partial charge < -0.3 is 10.0 Å². The Labute approximate surface area is 119 Å². The molecule has 1 fully saturated rings. The number of carboxylic acid groups (broad SMARTS) is 1. The standard InChI is InChI=1S/C10H12N6O4S/c17-10(18)5-7-6-21(19,20)4-3-15(7)9-2-1-8-11-13-14-16(8)12-9/h1-2,7H,3-6H2,(H,17,18). The molecule has 1 unspecified atom stereocenters. The number of fused-ring (bicyclic) bond motifs is 1. The van der Waals surface area contributed by atoms with Crippen molar-refractivity contribution < 1.29 is 18.3 Å². The van der Waals surface area contributed by atoms with E-state index in [1.165, 1.54) is 4.63 Å². The second-order valence-corrected chi connectivity index (χ2v) is 7.01. The molecular weight excluding hydrogens is 300 g/mol. The van der Waals surface area contributed by atoms with E-state index < -0.39 is 21.8 Å². The zero-order chi connectivity index (χ0) is 15.0. The van der Waals surface area contributed by atoms with Crippen LogP contribution in [0, 0.1) is 0 Å². The average molecular weight is 312 g/mol. The molecule has 0 bridgehead atoms. The molecule has 1 saturated heterocycles. The molecule has 0 aromatic carbocycles. The third-order valence-corrected chi connectivity index (χ3v) is 4.99. The fourth-order valence-electron chi connectivity index (χ4n) is 2.35. The minimum Gasteiger partial charge on any atom is -0.481 e. The largest absolute Gasteiger partial charge is 0.481 e. The molecule has 0 radical (unpaired) electrons. The minimum atomic E-state index is -3.23. The van der Waals surface area contributed by atoms with E-state index in [0.717, 1.165) is 0 Å². The van der Waals surface area contributed by atoms with Crippen molar-refractivity contribution in [1.29, 1.82) is 0 Å². The first-order valence-electron chi connectivity index (χ1n) is 6.19. The van der Waals surface area contributed by atoms with Crippen LogP contribution in [0.4, 0.5) is 5.82 Å². The summed E-state index contributed by atoms with van der Waals surface area (Å²) in [6.07, 6.45) is -0.269. The Bertz CT molecular complexity index is 788. The monoisotopic (exact) mass is 312 g/mol. The van der Waals surface area contributed by atoms with Crippen molar-refractivity contribution in [3.63, 3.8) is 0 Å². The van der Waals surface area contributed by atoms with Gasteiger partial charge in [0.1, 0.15) is 0 Å². The molecule has 2 aromatic rings. The van der Waals surface area contributed by atoms with Gasteiger partial charge in [-0.1, -0.05) is 0 Å². The quantitative estimate of drug-likeness (QED) is 0.726. The second-order valence-electron chi connectivity index (χ2n) is 4.78. The number of carbonyl (C=O) groups is 1. The van der Waals surface area contributed by atoms with Crippen molar-refractivity contribution in [2.45, 2.75) is 12.5 Å². The van der Waals surface area contributed by atoms with Crippen molar-refractivity contribution in [2.75, 3.05) is 23.0 Å². The van der Waals surface area contributed by atoms with Crippen molar-refractivity contribution in [1.82, 2.24) is 25.3 Å². The highest BCUT2D eigenvalue weighted by Crippen LogP contribution is 2.21. The lowest BCUT2D eigenvalue weighted by atomic mass is 10.2. The Morgan fingerprint density at radius 3 is 3.00 bits per heavy atom. The fraction of sp³-hybridized carbons (Fsp3) is 0.500. The maximum atomic E-state index is 11.7. The lowest BCUT2D eigenvalue weighted by Crippen LogP contribution is -2.50. The van der Waals surface area contributed by atoms with Crippen LogP contribution in [-0.4, -0.2) is 68.8 Å². The van der Waals surface area contributed by atoms with E-state index in [-0.39, 0.29) is 24.5 Å². The van der Waals surface area contributed by atoms with Crippen molar-refractivity contribution in [3.8, 4) is 0 Å². The lowest BCUT2D eigenvalue weighted by molar-refractivity contribution is -0.137. The topological polar surface area (TPSA) is 131 Å². The summed E-state index contributed by atoms with van der Waals surface area (Å²) in [5.41, 5.74) is 0.457. The lowest BCUT2D eigenvalue weighted by Gasteiger charge is -2.35. The molecule has 0 aliphatic carbocycles. The smallest absolute Gasteiger partial charge is 0.305 e. The van der Waals surface area contributed by atoms with E-state index in [0.29, 0.717) is 11.5 Å². The summed E-state index contributed by atoms with van der Waals surface area (Å²) in [6.45, 7) is 0.195. The van der Waals surface area contributed by atoms with E-state index in [2.05, 4.69) is 20.6 Å². The molecule has 1 aliphatic rings. The van der Waals surface area contributed by atoms with Gasteiger partial charge >= 0.3 is 5.97 Å². The molecule has 11 heteroatoms. The maximum absolute atomic E-state index is 11.7. The molecule has 2 aromatic heterocycles. The molecule has 1 atom stereocenters. The van der Waals surface area contributed by atoms with E-state index in [1.807, 2.05) is 0 Å². The van der Waals surface area contributed by atoms with Gasteiger partial charge in [0.2, 0.25) is 0 Å². The van der Waals surface area contributed by atoms with Crippen LogP contribution in [0.1, 0.15) is 6.42 Å². The Kier molecular flexibility index (Phi) is 3.20. The SMILES string of the molecule is O=C(O)CC1CS(=O)(=O)CCN1c1ccc2nnnn2n1. The molecule has 10 nitrogen and oxygen atoms in total. The van der Waals surface area contributed by atoms with Crippen LogP contribution in [0.2, 0.25) is 0 Å². The van der Waals surface area contributed by atoms with Gasteiger partial charge in [0.15, 0.2) is 21.3 Å². The summed E-state index contributed by atoms with van der Waals surface area (Å²) < 4.78 is 24.6. The second kappa shape index (κ2) is 4.91. The van der Waals surface area contributed by atoms with E-state index in [4.69, 9.17) is 5.11 Å². The van der Waals surface area contributed by atoms with Crippen molar-refractivity contribution >= 4 is 27.3 Å².